The predicted molar refractivity (Wildman–Crippen MR) is 88.0 cm³/mol. The van der Waals surface area contributed by atoms with Crippen LogP contribution in [0.4, 0.5) is 13.2 Å². The van der Waals surface area contributed by atoms with Crippen LogP contribution in [-0.4, -0.2) is 33.0 Å². The highest BCUT2D eigenvalue weighted by Crippen LogP contribution is 2.37. The van der Waals surface area contributed by atoms with Crippen LogP contribution in [-0.2, 0) is 19.6 Å². The Balaban J connectivity index is 3.00. The molecule has 0 aliphatic heterocycles. The zero-order valence-electron chi connectivity index (χ0n) is 14.9. The molecule has 0 bridgehead atoms. The van der Waals surface area contributed by atoms with E-state index in [1.807, 2.05) is 0 Å². The lowest BCUT2D eigenvalue weighted by molar-refractivity contribution is -0.142. The summed E-state index contributed by atoms with van der Waals surface area (Å²) in [4.78, 5) is 11.7. The molecule has 0 spiro atoms. The van der Waals surface area contributed by atoms with Gasteiger partial charge in [0.05, 0.1) is 7.11 Å². The molecule has 9 heteroatoms. The topological polar surface area (TPSA) is 72.5 Å². The summed E-state index contributed by atoms with van der Waals surface area (Å²) in [5.41, 5.74) is -4.42. The van der Waals surface area contributed by atoms with Gasteiger partial charge in [0.15, 0.2) is 0 Å². The molecule has 0 radical (unpaired) electrons. The lowest BCUT2D eigenvalue weighted by atomic mass is 9.73. The third-order valence-electron chi connectivity index (χ3n) is 4.54. The predicted octanol–water partition coefficient (Wildman–Crippen LogP) is 3.38. The molecule has 0 aromatic carbocycles. The first kappa shape index (κ1) is 22.0. The van der Waals surface area contributed by atoms with Gasteiger partial charge in [0.25, 0.3) is 0 Å². The van der Waals surface area contributed by atoms with Crippen LogP contribution in [0.1, 0.15) is 46.5 Å². The molecular formula is C16H26F3NO4S. The van der Waals surface area contributed by atoms with Gasteiger partial charge in [-0.2, -0.15) is 17.9 Å². The minimum atomic E-state index is -5.63. The number of alkyl halides is 3. The lowest BCUT2D eigenvalue weighted by Crippen LogP contribution is -2.46. The minimum Gasteiger partial charge on any atom is -0.468 e. The Morgan fingerprint density at radius 1 is 1.36 bits per heavy atom. The zero-order valence-corrected chi connectivity index (χ0v) is 15.7. The Morgan fingerprint density at radius 2 is 1.96 bits per heavy atom. The molecule has 3 atom stereocenters. The van der Waals surface area contributed by atoms with E-state index in [0.29, 0.717) is 11.8 Å². The van der Waals surface area contributed by atoms with Crippen molar-refractivity contribution in [3.05, 3.63) is 11.6 Å². The number of carbonyl (C=O) groups is 1. The molecule has 1 fully saturated rings. The van der Waals surface area contributed by atoms with Crippen LogP contribution in [0.15, 0.2) is 11.6 Å². The monoisotopic (exact) mass is 385 g/mol. The molecule has 0 unspecified atom stereocenters. The van der Waals surface area contributed by atoms with Crippen molar-refractivity contribution in [1.82, 2.24) is 4.72 Å². The maximum Gasteiger partial charge on any atom is 0.511 e. The Morgan fingerprint density at radius 3 is 2.44 bits per heavy atom. The molecule has 0 amide bonds. The highest BCUT2D eigenvalue weighted by Gasteiger charge is 2.47. The summed E-state index contributed by atoms with van der Waals surface area (Å²) in [5.74, 6) is 0.0511. The third kappa shape index (κ3) is 5.99. The van der Waals surface area contributed by atoms with Crippen molar-refractivity contribution in [2.75, 3.05) is 7.11 Å². The van der Waals surface area contributed by atoms with Crippen molar-refractivity contribution in [2.24, 2.45) is 17.8 Å². The van der Waals surface area contributed by atoms with E-state index in [1.54, 1.807) is 6.08 Å². The summed E-state index contributed by atoms with van der Waals surface area (Å²) in [6.45, 7) is 6.23. The van der Waals surface area contributed by atoms with Crippen LogP contribution in [0.3, 0.4) is 0 Å². The summed E-state index contributed by atoms with van der Waals surface area (Å²) < 4.78 is 66.1. The SMILES string of the molecule is COC(=O)[C@H](C/C=C1\C[C@H](C)CC[C@H]1C(C)C)NS(=O)(=O)C(F)(F)F. The van der Waals surface area contributed by atoms with E-state index in [0.717, 1.165) is 31.9 Å². The molecule has 1 N–H and O–H groups in total. The smallest absolute Gasteiger partial charge is 0.468 e. The van der Waals surface area contributed by atoms with Crippen LogP contribution in [0.5, 0.6) is 0 Å². The Kier molecular flexibility index (Phi) is 7.49. The molecule has 5 nitrogen and oxygen atoms in total. The van der Waals surface area contributed by atoms with Crippen LogP contribution in [0, 0.1) is 17.8 Å². The second-order valence-corrected chi connectivity index (χ2v) is 8.60. The Bertz CT molecular complexity index is 599. The van der Waals surface area contributed by atoms with Gasteiger partial charge in [-0.1, -0.05) is 32.4 Å². The maximum atomic E-state index is 12.6. The van der Waals surface area contributed by atoms with Gasteiger partial charge in [-0.3, -0.25) is 4.79 Å². The van der Waals surface area contributed by atoms with Crippen molar-refractivity contribution in [1.29, 1.82) is 0 Å². The summed E-state index contributed by atoms with van der Waals surface area (Å²) in [6.07, 6.45) is 4.36. The number of esters is 1. The molecule has 0 aromatic rings. The summed E-state index contributed by atoms with van der Waals surface area (Å²) in [5, 5.41) is 0. The molecule has 146 valence electrons. The normalized spacial score (nSPS) is 25.2. The summed E-state index contributed by atoms with van der Waals surface area (Å²) in [7, 11) is -4.62. The first-order valence-electron chi connectivity index (χ1n) is 8.24. The standard InChI is InChI=1S/C16H26F3NO4S/c1-10(2)13-7-5-11(3)9-12(13)6-8-14(15(21)24-4)20-25(22,23)16(17,18)19/h6,10-11,13-14,20H,5,7-9H2,1-4H3/b12-6+/t11-,13+,14+/m1/s1. The van der Waals surface area contributed by atoms with Gasteiger partial charge in [0.2, 0.25) is 0 Å². The van der Waals surface area contributed by atoms with Crippen LogP contribution in [0.25, 0.3) is 0 Å². The number of allylic oxidation sites excluding steroid dienone is 1. The third-order valence-corrected chi connectivity index (χ3v) is 5.74. The van der Waals surface area contributed by atoms with Crippen molar-refractivity contribution in [2.45, 2.75) is 58.0 Å². The highest BCUT2D eigenvalue weighted by atomic mass is 32.2. The summed E-state index contributed by atoms with van der Waals surface area (Å²) in [6, 6.07) is -1.60. The fourth-order valence-corrected chi connectivity index (χ4v) is 3.86. The van der Waals surface area contributed by atoms with E-state index in [-0.39, 0.29) is 12.3 Å². The molecule has 1 rings (SSSR count). The fourth-order valence-electron chi connectivity index (χ4n) is 3.16. The van der Waals surface area contributed by atoms with Crippen LogP contribution >= 0.6 is 0 Å². The van der Waals surface area contributed by atoms with Crippen molar-refractivity contribution >= 4 is 16.0 Å². The molecular weight excluding hydrogens is 359 g/mol. The number of carbonyl (C=O) groups excluding carboxylic acids is 1. The van der Waals surface area contributed by atoms with E-state index < -0.39 is 27.5 Å². The van der Waals surface area contributed by atoms with E-state index in [4.69, 9.17) is 0 Å². The van der Waals surface area contributed by atoms with E-state index in [9.17, 15) is 26.4 Å². The first-order valence-corrected chi connectivity index (χ1v) is 9.72. The quantitative estimate of drug-likeness (QED) is 0.562. The lowest BCUT2D eigenvalue weighted by Gasteiger charge is -2.32. The van der Waals surface area contributed by atoms with Gasteiger partial charge >= 0.3 is 21.5 Å². The van der Waals surface area contributed by atoms with Gasteiger partial charge in [0.1, 0.15) is 6.04 Å². The Hall–Kier alpha value is -1.09. The number of hydrogen-bond donors (Lipinski definition) is 1. The molecule has 1 saturated carbocycles. The van der Waals surface area contributed by atoms with E-state index in [2.05, 4.69) is 25.5 Å². The van der Waals surface area contributed by atoms with Gasteiger partial charge in [-0.15, -0.1) is 0 Å². The summed E-state index contributed by atoms with van der Waals surface area (Å²) >= 11 is 0. The molecule has 25 heavy (non-hydrogen) atoms. The second kappa shape index (κ2) is 8.53. The van der Waals surface area contributed by atoms with Gasteiger partial charge in [-0.05, 0) is 43.4 Å². The number of sulfonamides is 1. The van der Waals surface area contributed by atoms with Crippen molar-refractivity contribution in [3.8, 4) is 0 Å². The molecule has 0 heterocycles. The van der Waals surface area contributed by atoms with E-state index in [1.165, 1.54) is 4.72 Å². The molecule has 1 aliphatic carbocycles. The van der Waals surface area contributed by atoms with Gasteiger partial charge < -0.3 is 4.74 Å². The zero-order chi connectivity index (χ0) is 19.4. The largest absolute Gasteiger partial charge is 0.511 e. The second-order valence-electron chi connectivity index (χ2n) is 6.89. The molecule has 0 saturated heterocycles. The van der Waals surface area contributed by atoms with Gasteiger partial charge in [-0.25, -0.2) is 8.42 Å². The van der Waals surface area contributed by atoms with Gasteiger partial charge in [0, 0.05) is 0 Å². The number of methoxy groups -OCH3 is 1. The van der Waals surface area contributed by atoms with E-state index >= 15 is 0 Å². The average Bonchev–Trinajstić information content (AvgIpc) is 2.49. The molecule has 0 aromatic heterocycles. The maximum absolute atomic E-state index is 12.6. The van der Waals surface area contributed by atoms with Crippen LogP contribution < -0.4 is 4.72 Å². The Labute approximate surface area is 147 Å². The fraction of sp³-hybridized carbons (Fsp3) is 0.812. The number of hydrogen-bond acceptors (Lipinski definition) is 4. The van der Waals surface area contributed by atoms with Crippen molar-refractivity contribution in [3.63, 3.8) is 0 Å². The minimum absolute atomic E-state index is 0.173. The number of nitrogens with one attached hydrogen (secondary N) is 1. The number of ether oxygens (including phenoxy) is 1. The average molecular weight is 385 g/mol. The van der Waals surface area contributed by atoms with Crippen LogP contribution in [0.2, 0.25) is 0 Å². The number of halogens is 3. The first-order chi connectivity index (χ1) is 11.4. The van der Waals surface area contributed by atoms with Crippen molar-refractivity contribution < 1.29 is 31.1 Å². The molecule has 1 aliphatic rings. The number of rotatable bonds is 6. The highest BCUT2D eigenvalue weighted by molar-refractivity contribution is 7.90.